The third-order valence-corrected chi connectivity index (χ3v) is 5.12. The van der Waals surface area contributed by atoms with Crippen molar-refractivity contribution in [2.45, 2.75) is 57.8 Å². The zero-order valence-electron chi connectivity index (χ0n) is 13.6. The van der Waals surface area contributed by atoms with E-state index in [4.69, 9.17) is 21.8 Å². The summed E-state index contributed by atoms with van der Waals surface area (Å²) in [4.78, 5) is 8.45. The summed E-state index contributed by atoms with van der Waals surface area (Å²) < 4.78 is 2.32. The van der Waals surface area contributed by atoms with Gasteiger partial charge in [-0.05, 0) is 44.6 Å². The van der Waals surface area contributed by atoms with Crippen molar-refractivity contribution in [1.29, 1.82) is 0 Å². The molecule has 2 fully saturated rings. The van der Waals surface area contributed by atoms with Crippen LogP contribution in [-0.2, 0) is 0 Å². The van der Waals surface area contributed by atoms with Crippen molar-refractivity contribution in [1.82, 2.24) is 14.5 Å². The van der Waals surface area contributed by atoms with Crippen LogP contribution in [0.5, 0.6) is 0 Å². The molecule has 2 N–H and O–H groups in total. The minimum atomic E-state index is -1.50. The maximum atomic E-state index is 8.08. The summed E-state index contributed by atoms with van der Waals surface area (Å²) in [6, 6.07) is 2.66. The summed E-state index contributed by atoms with van der Waals surface area (Å²) in [6.07, 6.45) is 10.6. The van der Waals surface area contributed by atoms with Crippen LogP contribution in [0, 0.1) is 11.8 Å². The minimum Gasteiger partial charge on any atom is -0.366 e. The molecule has 0 aliphatic heterocycles. The molecule has 2 saturated carbocycles. The average molecular weight is 338 g/mol. The van der Waals surface area contributed by atoms with Crippen LogP contribution in [-0.4, -0.2) is 30.5 Å². The van der Waals surface area contributed by atoms with Crippen molar-refractivity contribution in [3.63, 3.8) is 0 Å². The minimum absolute atomic E-state index is 0.567. The van der Waals surface area contributed by atoms with Gasteiger partial charge in [0, 0.05) is 12.2 Å². The lowest BCUT2D eigenvalue weighted by Gasteiger charge is -2.14. The predicted molar refractivity (Wildman–Crippen MR) is 90.2 cm³/mol. The molecule has 2 heterocycles. The van der Waals surface area contributed by atoms with E-state index in [1.165, 1.54) is 46.0 Å². The zero-order chi connectivity index (χ0) is 16.6. The summed E-state index contributed by atoms with van der Waals surface area (Å²) in [5.74, 6) is 0.398. The van der Waals surface area contributed by atoms with E-state index in [2.05, 4.69) is 20.7 Å². The second-order valence-electron chi connectivity index (χ2n) is 7.20. The highest BCUT2D eigenvalue weighted by molar-refractivity contribution is 6.33. The van der Waals surface area contributed by atoms with Crippen molar-refractivity contribution >= 4 is 22.6 Å². The first-order valence-corrected chi connectivity index (χ1v) is 8.62. The molecule has 0 aromatic carbocycles. The van der Waals surface area contributed by atoms with Gasteiger partial charge >= 0.3 is 0 Å². The van der Waals surface area contributed by atoms with Crippen LogP contribution in [0.4, 0.5) is 0 Å². The third-order valence-electron chi connectivity index (χ3n) is 4.82. The van der Waals surface area contributed by atoms with Crippen molar-refractivity contribution in [3.8, 4) is 0 Å². The third kappa shape index (κ3) is 3.84. The van der Waals surface area contributed by atoms with Gasteiger partial charge in [0.15, 0.2) is 5.79 Å². The molecule has 5 nitrogen and oxygen atoms in total. The summed E-state index contributed by atoms with van der Waals surface area (Å²) in [5, 5.41) is 17.7. The Morgan fingerprint density at radius 2 is 1.78 bits per heavy atom. The molecule has 0 spiro atoms. The zero-order valence-corrected chi connectivity index (χ0v) is 14.4. The summed E-state index contributed by atoms with van der Waals surface area (Å²) in [6.45, 7) is 2.60. The predicted octanol–water partition coefficient (Wildman–Crippen LogP) is 3.54. The van der Waals surface area contributed by atoms with Gasteiger partial charge in [-0.3, -0.25) is 0 Å². The Morgan fingerprint density at radius 1 is 1.17 bits per heavy atom. The van der Waals surface area contributed by atoms with Crippen LogP contribution in [0.3, 0.4) is 0 Å². The number of aromatic nitrogens is 3. The first kappa shape index (κ1) is 16.7. The fourth-order valence-corrected chi connectivity index (χ4v) is 4.18. The number of hydrogen-bond acceptors (Lipinski definition) is 4. The normalized spacial score (nSPS) is 26.9. The molecule has 0 radical (unpaired) electrons. The molecular formula is C17H24ClN3O2. The Morgan fingerprint density at radius 3 is 2.39 bits per heavy atom. The number of halogens is 1. The number of nitrogens with zero attached hydrogens (tertiary/aromatic N) is 3. The standard InChI is InChI=1S/C14H16ClN3.C3H8O2/c15-13-12-4-5-18(14(12)17-8-16-13)11-6-9-2-1-3-10(9)7-11;1-3(2,4)5/h4-5,8-11H,1-3,6-7H2;4-5H,1-2H3. The van der Waals surface area contributed by atoms with Gasteiger partial charge in [0.2, 0.25) is 0 Å². The van der Waals surface area contributed by atoms with E-state index in [0.29, 0.717) is 11.2 Å². The number of rotatable bonds is 1. The molecule has 0 bridgehead atoms. The molecule has 0 saturated heterocycles. The molecule has 2 unspecified atom stereocenters. The Bertz CT molecular complexity index is 662. The maximum absolute atomic E-state index is 8.08. The molecule has 23 heavy (non-hydrogen) atoms. The highest BCUT2D eigenvalue weighted by Gasteiger charge is 2.38. The molecular weight excluding hydrogens is 314 g/mol. The Labute approximate surface area is 141 Å². The molecule has 2 aromatic rings. The summed E-state index contributed by atoms with van der Waals surface area (Å²) >= 11 is 6.11. The van der Waals surface area contributed by atoms with Gasteiger partial charge in [0.1, 0.15) is 17.1 Å². The van der Waals surface area contributed by atoms with E-state index >= 15 is 0 Å². The Balaban J connectivity index is 0.000000276. The van der Waals surface area contributed by atoms with E-state index in [-0.39, 0.29) is 0 Å². The van der Waals surface area contributed by atoms with Crippen molar-refractivity contribution in [2.75, 3.05) is 0 Å². The Hall–Kier alpha value is -1.17. The van der Waals surface area contributed by atoms with Gasteiger partial charge < -0.3 is 14.8 Å². The van der Waals surface area contributed by atoms with Crippen molar-refractivity contribution < 1.29 is 10.2 Å². The van der Waals surface area contributed by atoms with Gasteiger partial charge in [-0.25, -0.2) is 9.97 Å². The summed E-state index contributed by atoms with van der Waals surface area (Å²) in [5.41, 5.74) is 1.000. The largest absolute Gasteiger partial charge is 0.366 e. The second-order valence-corrected chi connectivity index (χ2v) is 7.55. The topological polar surface area (TPSA) is 71.2 Å². The van der Waals surface area contributed by atoms with Gasteiger partial charge in [-0.2, -0.15) is 0 Å². The first-order chi connectivity index (χ1) is 10.8. The number of aliphatic hydroxyl groups is 2. The monoisotopic (exact) mass is 337 g/mol. The molecule has 2 aliphatic rings. The number of fused-ring (bicyclic) bond motifs is 2. The Kier molecular flexibility index (Phi) is 4.63. The quantitative estimate of drug-likeness (QED) is 0.616. The van der Waals surface area contributed by atoms with E-state index in [1.54, 1.807) is 6.33 Å². The SMILES string of the molecule is CC(C)(O)O.Clc1ncnc2c1ccn2C1CC2CCCC2C1. The molecule has 0 amide bonds. The van der Waals surface area contributed by atoms with Crippen molar-refractivity contribution in [3.05, 3.63) is 23.7 Å². The van der Waals surface area contributed by atoms with Crippen molar-refractivity contribution in [2.24, 2.45) is 11.8 Å². The molecule has 2 aromatic heterocycles. The molecule has 6 heteroatoms. The molecule has 2 atom stereocenters. The van der Waals surface area contributed by atoms with E-state index in [9.17, 15) is 0 Å². The molecule has 126 valence electrons. The molecule has 2 aliphatic carbocycles. The first-order valence-electron chi connectivity index (χ1n) is 8.24. The summed E-state index contributed by atoms with van der Waals surface area (Å²) in [7, 11) is 0. The fraction of sp³-hybridized carbons (Fsp3) is 0.647. The second kappa shape index (κ2) is 6.38. The van der Waals surface area contributed by atoms with Crippen LogP contribution in [0.2, 0.25) is 5.15 Å². The van der Waals surface area contributed by atoms with E-state index < -0.39 is 5.79 Å². The lowest BCUT2D eigenvalue weighted by Crippen LogP contribution is -2.15. The van der Waals surface area contributed by atoms with E-state index in [1.807, 2.05) is 6.07 Å². The highest BCUT2D eigenvalue weighted by Crippen LogP contribution is 2.49. The fourth-order valence-electron chi connectivity index (χ4n) is 3.99. The van der Waals surface area contributed by atoms with Crippen LogP contribution in [0.25, 0.3) is 11.0 Å². The van der Waals surface area contributed by atoms with Gasteiger partial charge in [0.25, 0.3) is 0 Å². The smallest absolute Gasteiger partial charge is 0.156 e. The van der Waals surface area contributed by atoms with Crippen LogP contribution < -0.4 is 0 Å². The lowest BCUT2D eigenvalue weighted by atomic mass is 10.0. The van der Waals surface area contributed by atoms with Crippen LogP contribution >= 0.6 is 11.6 Å². The van der Waals surface area contributed by atoms with Gasteiger partial charge in [-0.15, -0.1) is 0 Å². The van der Waals surface area contributed by atoms with E-state index in [0.717, 1.165) is 22.9 Å². The van der Waals surface area contributed by atoms with Crippen LogP contribution in [0.1, 0.15) is 52.0 Å². The highest BCUT2D eigenvalue weighted by atomic mass is 35.5. The lowest BCUT2D eigenvalue weighted by molar-refractivity contribution is -0.127. The average Bonchev–Trinajstić information content (AvgIpc) is 3.08. The molecule has 4 rings (SSSR count). The van der Waals surface area contributed by atoms with Gasteiger partial charge in [0.05, 0.1) is 5.39 Å². The maximum Gasteiger partial charge on any atom is 0.156 e. The van der Waals surface area contributed by atoms with Crippen LogP contribution in [0.15, 0.2) is 18.6 Å². The van der Waals surface area contributed by atoms with Gasteiger partial charge in [-0.1, -0.05) is 30.9 Å². The number of hydrogen-bond donors (Lipinski definition) is 2.